The van der Waals surface area contributed by atoms with Crippen LogP contribution in [-0.4, -0.2) is 41.6 Å². The molecule has 2 atom stereocenters. The van der Waals surface area contributed by atoms with Gasteiger partial charge in [0.15, 0.2) is 0 Å². The van der Waals surface area contributed by atoms with E-state index in [1.54, 1.807) is 31.2 Å². The van der Waals surface area contributed by atoms with E-state index in [9.17, 15) is 10.2 Å². The van der Waals surface area contributed by atoms with Gasteiger partial charge in [-0.15, -0.1) is 0 Å². The van der Waals surface area contributed by atoms with Gasteiger partial charge in [0.1, 0.15) is 24.5 Å². The highest BCUT2D eigenvalue weighted by Gasteiger charge is 2.17. The summed E-state index contributed by atoms with van der Waals surface area (Å²) in [6, 6.07) is 8.93. The van der Waals surface area contributed by atoms with Crippen LogP contribution in [-0.2, 0) is 0 Å². The van der Waals surface area contributed by atoms with E-state index in [-0.39, 0.29) is 6.61 Å². The van der Waals surface area contributed by atoms with Crippen molar-refractivity contribution < 1.29 is 14.9 Å². The first-order valence-electron chi connectivity index (χ1n) is 6.71. The Morgan fingerprint density at radius 3 is 2.80 bits per heavy atom. The molecule has 0 aliphatic heterocycles. The molecule has 5 heteroatoms. The second-order valence-corrected chi connectivity index (χ2v) is 5.05. The van der Waals surface area contributed by atoms with Gasteiger partial charge in [0.05, 0.1) is 11.2 Å². The van der Waals surface area contributed by atoms with Gasteiger partial charge >= 0.3 is 0 Å². The van der Waals surface area contributed by atoms with Crippen molar-refractivity contribution in [3.63, 3.8) is 0 Å². The number of ether oxygens (including phenoxy) is 1. The normalized spacial score (nSPS) is 15.2. The molecule has 0 fully saturated rings. The Kier molecular flexibility index (Phi) is 6.46. The Morgan fingerprint density at radius 2 is 2.15 bits per heavy atom. The molecular weight excluding hydrogens is 256 g/mol. The van der Waals surface area contributed by atoms with E-state index in [2.05, 4.69) is 5.32 Å². The number of hydrogen-bond acceptors (Lipinski definition) is 5. The average molecular weight is 278 g/mol. The maximum Gasteiger partial charge on any atom is 0.137 e. The zero-order valence-electron chi connectivity index (χ0n) is 12.0. The molecule has 1 aromatic carbocycles. The fourth-order valence-electron chi connectivity index (χ4n) is 1.56. The number of nitriles is 1. The van der Waals surface area contributed by atoms with Crippen molar-refractivity contribution in [1.82, 2.24) is 5.32 Å². The van der Waals surface area contributed by atoms with Crippen LogP contribution in [0.3, 0.4) is 0 Å². The second-order valence-electron chi connectivity index (χ2n) is 5.05. The van der Waals surface area contributed by atoms with Crippen molar-refractivity contribution in [3.05, 3.63) is 29.8 Å². The first kappa shape index (κ1) is 16.4. The number of nitrogens with one attached hydrogen (secondary N) is 1. The van der Waals surface area contributed by atoms with E-state index in [1.165, 1.54) is 0 Å². The largest absolute Gasteiger partial charge is 0.489 e. The average Bonchev–Trinajstić information content (AvgIpc) is 2.45. The first-order valence-corrected chi connectivity index (χ1v) is 6.71. The van der Waals surface area contributed by atoms with Gasteiger partial charge in [-0.05, 0) is 25.5 Å². The second kappa shape index (κ2) is 7.85. The molecule has 0 amide bonds. The summed E-state index contributed by atoms with van der Waals surface area (Å²) >= 11 is 0. The Balaban J connectivity index is 2.33. The highest BCUT2D eigenvalue weighted by atomic mass is 16.5. The van der Waals surface area contributed by atoms with Gasteiger partial charge in [-0.3, -0.25) is 0 Å². The van der Waals surface area contributed by atoms with Gasteiger partial charge in [-0.2, -0.15) is 5.26 Å². The summed E-state index contributed by atoms with van der Waals surface area (Å²) in [5.74, 6) is 0.467. The van der Waals surface area contributed by atoms with Crippen LogP contribution in [0.2, 0.25) is 0 Å². The Bertz CT molecular complexity index is 455. The predicted octanol–water partition coefficient (Wildman–Crippen LogP) is 1.05. The van der Waals surface area contributed by atoms with Gasteiger partial charge in [0.25, 0.3) is 0 Å². The number of rotatable bonds is 8. The maximum atomic E-state index is 9.80. The fourth-order valence-corrected chi connectivity index (χ4v) is 1.56. The standard InChI is InChI=1S/C15H22N2O3/c1-3-15(2,19)11-17-9-13(18)10-20-14-7-5-4-6-12(14)8-16/h4-7,13,17-19H,3,9-11H2,1-2H3. The summed E-state index contributed by atoms with van der Waals surface area (Å²) in [6.45, 7) is 4.48. The van der Waals surface area contributed by atoms with Crippen LogP contribution in [0.5, 0.6) is 5.75 Å². The minimum absolute atomic E-state index is 0.0972. The monoisotopic (exact) mass is 278 g/mol. The summed E-state index contributed by atoms with van der Waals surface area (Å²) in [7, 11) is 0. The molecule has 3 N–H and O–H groups in total. The molecular formula is C15H22N2O3. The summed E-state index contributed by atoms with van der Waals surface area (Å²) in [6.07, 6.45) is -0.0586. The third-order valence-electron chi connectivity index (χ3n) is 3.09. The lowest BCUT2D eigenvalue weighted by molar-refractivity contribution is 0.0476. The van der Waals surface area contributed by atoms with Crippen LogP contribution in [0.25, 0.3) is 0 Å². The van der Waals surface area contributed by atoms with Crippen molar-refractivity contribution in [3.8, 4) is 11.8 Å². The summed E-state index contributed by atoms with van der Waals surface area (Å²) in [4.78, 5) is 0. The number of para-hydroxylation sites is 1. The van der Waals surface area contributed by atoms with Crippen molar-refractivity contribution in [2.24, 2.45) is 0 Å². The topological polar surface area (TPSA) is 85.5 Å². The lowest BCUT2D eigenvalue weighted by Crippen LogP contribution is -2.41. The number of benzene rings is 1. The molecule has 0 saturated carbocycles. The van der Waals surface area contributed by atoms with Gasteiger partial charge < -0.3 is 20.3 Å². The third kappa shape index (κ3) is 5.57. The summed E-state index contributed by atoms with van der Waals surface area (Å²) < 4.78 is 5.42. The van der Waals surface area contributed by atoms with Gasteiger partial charge in [0.2, 0.25) is 0 Å². The van der Waals surface area contributed by atoms with Crippen LogP contribution >= 0.6 is 0 Å². The highest BCUT2D eigenvalue weighted by Crippen LogP contribution is 2.16. The molecule has 0 saturated heterocycles. The molecule has 1 aromatic rings. The number of aliphatic hydroxyl groups is 2. The molecule has 0 aliphatic rings. The van der Waals surface area contributed by atoms with E-state index >= 15 is 0 Å². The van der Waals surface area contributed by atoms with Crippen LogP contribution < -0.4 is 10.1 Å². The van der Waals surface area contributed by atoms with Gasteiger partial charge in [-0.25, -0.2) is 0 Å². The lowest BCUT2D eigenvalue weighted by atomic mass is 10.0. The predicted molar refractivity (Wildman–Crippen MR) is 76.4 cm³/mol. The number of aliphatic hydroxyl groups excluding tert-OH is 1. The van der Waals surface area contributed by atoms with Gasteiger partial charge in [-0.1, -0.05) is 19.1 Å². The lowest BCUT2D eigenvalue weighted by Gasteiger charge is -2.22. The van der Waals surface area contributed by atoms with E-state index in [1.807, 2.05) is 13.0 Å². The Hall–Kier alpha value is -1.61. The Labute approximate surface area is 119 Å². The minimum atomic E-state index is -0.770. The zero-order chi connectivity index (χ0) is 15.0. The zero-order valence-corrected chi connectivity index (χ0v) is 12.0. The molecule has 0 heterocycles. The van der Waals surface area contributed by atoms with Crippen molar-refractivity contribution in [2.75, 3.05) is 19.7 Å². The molecule has 5 nitrogen and oxygen atoms in total. The fraction of sp³-hybridized carbons (Fsp3) is 0.533. The van der Waals surface area contributed by atoms with Crippen molar-refractivity contribution >= 4 is 0 Å². The molecule has 0 radical (unpaired) electrons. The highest BCUT2D eigenvalue weighted by molar-refractivity contribution is 5.42. The van der Waals surface area contributed by atoms with Crippen molar-refractivity contribution in [2.45, 2.75) is 32.0 Å². The maximum absolute atomic E-state index is 9.80. The third-order valence-corrected chi connectivity index (χ3v) is 3.09. The van der Waals surface area contributed by atoms with Crippen molar-refractivity contribution in [1.29, 1.82) is 5.26 Å². The van der Waals surface area contributed by atoms with Crippen LogP contribution in [0.1, 0.15) is 25.8 Å². The van der Waals surface area contributed by atoms with E-state index in [0.29, 0.717) is 30.8 Å². The number of hydrogen-bond donors (Lipinski definition) is 3. The Morgan fingerprint density at radius 1 is 1.45 bits per heavy atom. The van der Waals surface area contributed by atoms with Crippen LogP contribution in [0.4, 0.5) is 0 Å². The van der Waals surface area contributed by atoms with E-state index < -0.39 is 11.7 Å². The molecule has 0 aliphatic carbocycles. The smallest absolute Gasteiger partial charge is 0.137 e. The summed E-state index contributed by atoms with van der Waals surface area (Å²) in [5, 5.41) is 31.5. The molecule has 0 aromatic heterocycles. The van der Waals surface area contributed by atoms with Crippen LogP contribution in [0, 0.1) is 11.3 Å². The molecule has 0 spiro atoms. The van der Waals surface area contributed by atoms with Gasteiger partial charge in [0, 0.05) is 13.1 Å². The van der Waals surface area contributed by atoms with E-state index in [4.69, 9.17) is 10.00 Å². The summed E-state index contributed by atoms with van der Waals surface area (Å²) in [5.41, 5.74) is -0.324. The van der Waals surface area contributed by atoms with Crippen LogP contribution in [0.15, 0.2) is 24.3 Å². The van der Waals surface area contributed by atoms with E-state index in [0.717, 1.165) is 0 Å². The quantitative estimate of drug-likeness (QED) is 0.662. The molecule has 20 heavy (non-hydrogen) atoms. The molecule has 1 rings (SSSR count). The SMILES string of the molecule is CCC(C)(O)CNCC(O)COc1ccccc1C#N. The molecule has 110 valence electrons. The number of nitrogens with zero attached hydrogens (tertiary/aromatic N) is 1. The first-order chi connectivity index (χ1) is 9.48. The minimum Gasteiger partial charge on any atom is -0.489 e. The molecule has 0 bridgehead atoms. The molecule has 2 unspecified atom stereocenters.